The van der Waals surface area contributed by atoms with E-state index in [1.54, 1.807) is 37.4 Å². The van der Waals surface area contributed by atoms with E-state index in [-0.39, 0.29) is 43.5 Å². The van der Waals surface area contributed by atoms with E-state index < -0.39 is 81.1 Å². The van der Waals surface area contributed by atoms with Gasteiger partial charge in [-0.05, 0) is 94.4 Å². The largest absolute Gasteiger partial charge is 0.497 e. The van der Waals surface area contributed by atoms with E-state index >= 15 is 0 Å². The van der Waals surface area contributed by atoms with Gasteiger partial charge in [0.1, 0.15) is 11.9 Å². The van der Waals surface area contributed by atoms with Crippen molar-refractivity contribution in [1.82, 2.24) is 14.6 Å². The van der Waals surface area contributed by atoms with E-state index in [0.29, 0.717) is 43.2 Å². The highest BCUT2D eigenvalue weighted by atomic mass is 32.2. The highest BCUT2D eigenvalue weighted by Gasteiger charge is 2.62. The zero-order valence-corrected chi connectivity index (χ0v) is 33.1. The van der Waals surface area contributed by atoms with Crippen LogP contribution in [0.4, 0.5) is 13.2 Å². The molecule has 1 aromatic heterocycles. The van der Waals surface area contributed by atoms with E-state index in [2.05, 4.69) is 4.98 Å². The number of methoxy groups -OCH3 is 1. The fourth-order valence-electron chi connectivity index (χ4n) is 8.21. The number of aromatic nitrogens is 1. The van der Waals surface area contributed by atoms with Crippen molar-refractivity contribution in [3.05, 3.63) is 30.5 Å². The van der Waals surface area contributed by atoms with Crippen LogP contribution in [0.1, 0.15) is 98.3 Å². The summed E-state index contributed by atoms with van der Waals surface area (Å²) >= 11 is 0. The Morgan fingerprint density at radius 1 is 1.09 bits per heavy atom. The molecule has 1 N–H and O–H groups in total. The molecule has 1 aromatic carbocycles. The third kappa shape index (κ3) is 8.93. The summed E-state index contributed by atoms with van der Waals surface area (Å²) in [6.45, 7) is 4.80. The molecule has 4 aliphatic rings. The van der Waals surface area contributed by atoms with Gasteiger partial charge in [-0.15, -0.1) is 0 Å². The van der Waals surface area contributed by atoms with Crippen molar-refractivity contribution in [1.29, 1.82) is 0 Å². The van der Waals surface area contributed by atoms with Crippen LogP contribution in [-0.2, 0) is 38.4 Å². The number of carbonyl (C=O) groups is 4. The molecule has 308 valence electrons. The molecule has 1 aliphatic heterocycles. The molecule has 5 atom stereocenters. The molecule has 0 bridgehead atoms. The molecular weight excluding hydrogens is 760 g/mol. The number of nitrogens with zero attached hydrogens (tertiary/aromatic N) is 2. The number of alkyl halides is 3. The zero-order valence-electron chi connectivity index (χ0n) is 32.3. The minimum atomic E-state index is -4.85. The molecular formula is C39H50F3N3O10S. The Labute approximate surface area is 324 Å². The van der Waals surface area contributed by atoms with Gasteiger partial charge in [0.15, 0.2) is 5.78 Å². The summed E-state index contributed by atoms with van der Waals surface area (Å²) < 4.78 is 90.4. The maximum Gasteiger partial charge on any atom is 0.427 e. The molecule has 2 aromatic rings. The van der Waals surface area contributed by atoms with Crippen molar-refractivity contribution in [2.75, 3.05) is 13.7 Å². The number of rotatable bonds is 16. The van der Waals surface area contributed by atoms with Gasteiger partial charge in [-0.2, -0.15) is 21.6 Å². The van der Waals surface area contributed by atoms with E-state index in [1.165, 1.54) is 12.0 Å². The highest BCUT2D eigenvalue weighted by Crippen LogP contribution is 2.58. The number of ketones is 1. The second-order valence-electron chi connectivity index (χ2n) is 16.5. The van der Waals surface area contributed by atoms with Gasteiger partial charge in [0.25, 0.3) is 0 Å². The summed E-state index contributed by atoms with van der Waals surface area (Å²) in [5, 5.41) is 1.40. The molecule has 56 heavy (non-hydrogen) atoms. The summed E-state index contributed by atoms with van der Waals surface area (Å²) in [6, 6.07) is 5.91. The molecule has 0 unspecified atom stereocenters. The Kier molecular flexibility index (Phi) is 11.5. The highest BCUT2D eigenvalue weighted by molar-refractivity contribution is 7.85. The summed E-state index contributed by atoms with van der Waals surface area (Å²) in [5.74, 6) is -4.07. The van der Waals surface area contributed by atoms with Crippen LogP contribution in [0, 0.1) is 23.2 Å². The van der Waals surface area contributed by atoms with Crippen LogP contribution in [0.3, 0.4) is 0 Å². The first-order valence-corrected chi connectivity index (χ1v) is 20.6. The van der Waals surface area contributed by atoms with E-state index in [9.17, 15) is 40.8 Å². The Hall–Kier alpha value is -3.99. The van der Waals surface area contributed by atoms with E-state index in [4.69, 9.17) is 18.4 Å². The number of Topliss-reactive ketones (excluding diaryl/α,β-unsaturated/α-hetero) is 1. The van der Waals surface area contributed by atoms with Crippen LogP contribution in [-0.4, -0.2) is 85.0 Å². The number of hydrogen-bond donors (Lipinski definition) is 1. The Morgan fingerprint density at radius 2 is 1.79 bits per heavy atom. The molecule has 1 saturated heterocycles. The minimum Gasteiger partial charge on any atom is -0.497 e. The van der Waals surface area contributed by atoms with E-state index in [1.807, 2.05) is 11.6 Å². The standard InChI is InChI=1S/C39H50F3N3O10S/c1-6-25-20-38(25,35(49)44-56(50,51)55-37(4)14-15-37)21-31(46)30-18-27(53-33-28-12-11-26(52-5)17-24(28)13-16-43-33)22-45(30)34(48)29(23-9-7-8-10-23)19-32(47)54-36(2,3)39(40,41)42/h11-13,16-17,23,25,27,29-30H,6-10,14-15,18-22H2,1-5H3,(H,44,49)/t25-,27-,29+,30+,38-/m1/s1. The second kappa shape index (κ2) is 15.4. The molecule has 13 nitrogen and oxygen atoms in total. The lowest BCUT2D eigenvalue weighted by atomic mass is 9.86. The number of esters is 1. The molecule has 0 radical (unpaired) electrons. The number of likely N-dealkylation sites (tertiary alicyclic amines) is 1. The summed E-state index contributed by atoms with van der Waals surface area (Å²) in [5.41, 5.74) is -5.05. The molecule has 0 spiro atoms. The SMILES string of the molecule is CC[C@@H]1C[C@]1(CC(=O)[C@@H]1C[C@@H](Oc2nccc3cc(OC)ccc23)CN1C(=O)[C@@H](CC(=O)OC(C)(C)C(F)(F)F)C1CCCC1)C(=O)NS(=O)(=O)OC1(C)CC1. The minimum absolute atomic E-state index is 0.0179. The third-order valence-electron chi connectivity index (χ3n) is 12.0. The van der Waals surface area contributed by atoms with E-state index in [0.717, 1.165) is 32.1 Å². The van der Waals surface area contributed by atoms with Crippen molar-refractivity contribution in [3.63, 3.8) is 0 Å². The number of ether oxygens (including phenoxy) is 3. The monoisotopic (exact) mass is 809 g/mol. The quantitative estimate of drug-likeness (QED) is 0.198. The molecule has 2 heterocycles. The average molecular weight is 810 g/mol. The summed E-state index contributed by atoms with van der Waals surface area (Å²) in [6.07, 6.45) is -0.746. The van der Waals surface area contributed by atoms with Crippen molar-refractivity contribution in [3.8, 4) is 11.6 Å². The van der Waals surface area contributed by atoms with Crippen LogP contribution in [0.2, 0.25) is 0 Å². The second-order valence-corrected chi connectivity index (χ2v) is 17.8. The van der Waals surface area contributed by atoms with Gasteiger partial charge in [0.2, 0.25) is 23.3 Å². The van der Waals surface area contributed by atoms with Crippen molar-refractivity contribution in [2.45, 2.75) is 128 Å². The topological polar surface area (TPSA) is 168 Å². The molecule has 3 saturated carbocycles. The Morgan fingerprint density at radius 3 is 2.39 bits per heavy atom. The predicted octanol–water partition coefficient (Wildman–Crippen LogP) is 5.98. The summed E-state index contributed by atoms with van der Waals surface area (Å²) in [4.78, 5) is 61.7. The number of halogens is 3. The zero-order chi connectivity index (χ0) is 40.8. The molecule has 2 amide bonds. The van der Waals surface area contributed by atoms with Crippen LogP contribution in [0.5, 0.6) is 11.6 Å². The summed E-state index contributed by atoms with van der Waals surface area (Å²) in [7, 11) is -2.94. The van der Waals surface area contributed by atoms with Crippen molar-refractivity contribution >= 4 is 44.6 Å². The lowest BCUT2D eigenvalue weighted by molar-refractivity contribution is -0.257. The van der Waals surface area contributed by atoms with Gasteiger partial charge >= 0.3 is 22.4 Å². The van der Waals surface area contributed by atoms with Gasteiger partial charge in [0.05, 0.1) is 43.1 Å². The van der Waals surface area contributed by atoms with Crippen molar-refractivity contribution < 1.29 is 59.2 Å². The van der Waals surface area contributed by atoms with Crippen LogP contribution in [0.25, 0.3) is 10.8 Å². The number of hydrogen-bond acceptors (Lipinski definition) is 11. The number of carbonyl (C=O) groups excluding carboxylic acids is 4. The van der Waals surface area contributed by atoms with Crippen LogP contribution < -0.4 is 14.2 Å². The van der Waals surface area contributed by atoms with Gasteiger partial charge < -0.3 is 19.1 Å². The number of amides is 2. The molecule has 6 rings (SSSR count). The first kappa shape index (κ1) is 41.6. The number of pyridine rings is 1. The number of benzene rings is 1. The molecule has 3 aliphatic carbocycles. The van der Waals surface area contributed by atoms with Gasteiger partial charge in [-0.1, -0.05) is 26.2 Å². The maximum atomic E-state index is 14.7. The molecule has 4 fully saturated rings. The third-order valence-corrected chi connectivity index (χ3v) is 13.1. The first-order chi connectivity index (χ1) is 26.2. The lowest BCUT2D eigenvalue weighted by Crippen LogP contribution is -2.48. The van der Waals surface area contributed by atoms with Crippen molar-refractivity contribution in [2.24, 2.45) is 23.2 Å². The fourth-order valence-corrected chi connectivity index (χ4v) is 9.38. The first-order valence-electron chi connectivity index (χ1n) is 19.2. The van der Waals surface area contributed by atoms with Gasteiger partial charge in [-0.25, -0.2) is 13.9 Å². The predicted molar refractivity (Wildman–Crippen MR) is 195 cm³/mol. The maximum absolute atomic E-state index is 14.7. The molecule has 17 heteroatoms. The lowest BCUT2D eigenvalue weighted by Gasteiger charge is -2.32. The average Bonchev–Trinajstić information content (AvgIpc) is 3.84. The van der Waals surface area contributed by atoms with Crippen LogP contribution >= 0.6 is 0 Å². The smallest absolute Gasteiger partial charge is 0.427 e. The number of fused-ring (bicyclic) bond motifs is 1. The normalized spacial score (nSPS) is 25.4. The Bertz CT molecular complexity index is 1960. The van der Waals surface area contributed by atoms with Gasteiger partial charge in [0, 0.05) is 24.4 Å². The van der Waals surface area contributed by atoms with Gasteiger partial charge in [-0.3, -0.25) is 19.2 Å². The fraction of sp³-hybridized carbons (Fsp3) is 0.667. The van der Waals surface area contributed by atoms with Crippen LogP contribution in [0.15, 0.2) is 30.5 Å². The number of nitrogens with one attached hydrogen (secondary N) is 1. The Balaban J connectivity index is 1.28.